The van der Waals surface area contributed by atoms with E-state index in [1.807, 2.05) is 18.2 Å². The van der Waals surface area contributed by atoms with E-state index in [9.17, 15) is 4.79 Å². The Hall–Kier alpha value is -1.35. The maximum Gasteiger partial charge on any atom is 0.314 e. The van der Waals surface area contributed by atoms with Crippen molar-refractivity contribution < 1.29 is 14.3 Å². The Morgan fingerprint density at radius 3 is 2.75 bits per heavy atom. The summed E-state index contributed by atoms with van der Waals surface area (Å²) in [4.78, 5) is 12.2. The van der Waals surface area contributed by atoms with Crippen molar-refractivity contribution in [3.8, 4) is 0 Å². The summed E-state index contributed by atoms with van der Waals surface area (Å²) < 4.78 is 11.1. The molecule has 0 aliphatic heterocycles. The molecular weight excluding hydrogens is 252 g/mol. The summed E-state index contributed by atoms with van der Waals surface area (Å²) in [6.07, 6.45) is 4.66. The lowest BCUT2D eigenvalue weighted by atomic mass is 9.79. The van der Waals surface area contributed by atoms with Crippen LogP contribution in [0.3, 0.4) is 0 Å². The van der Waals surface area contributed by atoms with Crippen LogP contribution < -0.4 is 0 Å². The van der Waals surface area contributed by atoms with Crippen LogP contribution >= 0.6 is 0 Å². The van der Waals surface area contributed by atoms with Crippen molar-refractivity contribution in [3.05, 3.63) is 35.9 Å². The summed E-state index contributed by atoms with van der Waals surface area (Å²) >= 11 is 0. The van der Waals surface area contributed by atoms with Gasteiger partial charge in [-0.25, -0.2) is 0 Å². The van der Waals surface area contributed by atoms with Gasteiger partial charge in [0.2, 0.25) is 0 Å². The van der Waals surface area contributed by atoms with Gasteiger partial charge in [0, 0.05) is 0 Å². The fraction of sp³-hybridized carbons (Fsp3) is 0.588. The molecule has 1 aromatic carbocycles. The van der Waals surface area contributed by atoms with Gasteiger partial charge >= 0.3 is 5.97 Å². The summed E-state index contributed by atoms with van der Waals surface area (Å²) in [7, 11) is 1.48. The SMILES string of the molecule is CCCC1(C(=O)OC)CCCC1OCc1ccccc1. The normalized spacial score (nSPS) is 25.6. The molecule has 0 amide bonds. The minimum atomic E-state index is -0.432. The summed E-state index contributed by atoms with van der Waals surface area (Å²) in [5, 5.41) is 0. The first-order valence-electron chi connectivity index (χ1n) is 7.47. The maximum atomic E-state index is 12.2. The van der Waals surface area contributed by atoms with E-state index in [1.54, 1.807) is 0 Å². The quantitative estimate of drug-likeness (QED) is 0.743. The predicted octanol–water partition coefficient (Wildman–Crippen LogP) is 3.72. The van der Waals surface area contributed by atoms with Gasteiger partial charge in [-0.15, -0.1) is 0 Å². The highest BCUT2D eigenvalue weighted by atomic mass is 16.5. The van der Waals surface area contributed by atoms with Gasteiger partial charge < -0.3 is 9.47 Å². The molecule has 3 heteroatoms. The first-order chi connectivity index (χ1) is 9.73. The molecule has 0 N–H and O–H groups in total. The smallest absolute Gasteiger partial charge is 0.314 e. The molecule has 1 saturated carbocycles. The second kappa shape index (κ2) is 6.89. The van der Waals surface area contributed by atoms with E-state index in [0.717, 1.165) is 37.7 Å². The first-order valence-corrected chi connectivity index (χ1v) is 7.47. The van der Waals surface area contributed by atoms with Crippen molar-refractivity contribution >= 4 is 5.97 Å². The molecule has 1 aromatic rings. The monoisotopic (exact) mass is 276 g/mol. The van der Waals surface area contributed by atoms with Gasteiger partial charge in [-0.2, -0.15) is 0 Å². The van der Waals surface area contributed by atoms with Gasteiger partial charge in [0.25, 0.3) is 0 Å². The Balaban J connectivity index is 2.06. The van der Waals surface area contributed by atoms with Crippen molar-refractivity contribution in [2.24, 2.45) is 5.41 Å². The van der Waals surface area contributed by atoms with Crippen LogP contribution in [0, 0.1) is 5.41 Å². The summed E-state index contributed by atoms with van der Waals surface area (Å²) in [5.74, 6) is -0.102. The topological polar surface area (TPSA) is 35.5 Å². The van der Waals surface area contributed by atoms with Crippen molar-refractivity contribution in [1.82, 2.24) is 0 Å². The number of benzene rings is 1. The van der Waals surface area contributed by atoms with E-state index in [0.29, 0.717) is 6.61 Å². The molecule has 0 heterocycles. The highest BCUT2D eigenvalue weighted by molar-refractivity contribution is 5.78. The van der Waals surface area contributed by atoms with E-state index < -0.39 is 5.41 Å². The van der Waals surface area contributed by atoms with E-state index in [1.165, 1.54) is 7.11 Å². The molecule has 2 rings (SSSR count). The van der Waals surface area contributed by atoms with Crippen LogP contribution in [0.5, 0.6) is 0 Å². The van der Waals surface area contributed by atoms with Crippen LogP contribution in [-0.4, -0.2) is 19.2 Å². The molecule has 2 atom stereocenters. The number of carbonyl (C=O) groups excluding carboxylic acids is 1. The number of hydrogen-bond acceptors (Lipinski definition) is 3. The molecule has 0 saturated heterocycles. The third-order valence-corrected chi connectivity index (χ3v) is 4.29. The maximum absolute atomic E-state index is 12.2. The average Bonchev–Trinajstić information content (AvgIpc) is 2.89. The molecule has 1 fully saturated rings. The zero-order valence-electron chi connectivity index (χ0n) is 12.4. The fourth-order valence-electron chi connectivity index (χ4n) is 3.33. The standard InChI is InChI=1S/C17H24O3/c1-3-11-17(16(18)19-2)12-7-10-15(17)20-13-14-8-5-4-6-9-14/h4-6,8-9,15H,3,7,10-13H2,1-2H3. The van der Waals surface area contributed by atoms with Gasteiger partial charge in [-0.3, -0.25) is 4.79 Å². The van der Waals surface area contributed by atoms with E-state index in [4.69, 9.17) is 9.47 Å². The Kier molecular flexibility index (Phi) is 5.18. The summed E-state index contributed by atoms with van der Waals surface area (Å²) in [5.41, 5.74) is 0.716. The van der Waals surface area contributed by atoms with Crippen LogP contribution in [0.4, 0.5) is 0 Å². The van der Waals surface area contributed by atoms with Crippen LogP contribution in [0.1, 0.15) is 44.6 Å². The van der Waals surface area contributed by atoms with E-state index >= 15 is 0 Å². The van der Waals surface area contributed by atoms with Gasteiger partial charge in [0.15, 0.2) is 0 Å². The van der Waals surface area contributed by atoms with Gasteiger partial charge in [-0.1, -0.05) is 43.7 Å². The molecular formula is C17H24O3. The number of esters is 1. The van der Waals surface area contributed by atoms with Crippen LogP contribution in [0.2, 0.25) is 0 Å². The van der Waals surface area contributed by atoms with Crippen molar-refractivity contribution in [1.29, 1.82) is 0 Å². The third-order valence-electron chi connectivity index (χ3n) is 4.29. The number of rotatable bonds is 6. The molecule has 0 aromatic heterocycles. The second-order valence-electron chi connectivity index (χ2n) is 5.58. The zero-order chi connectivity index (χ0) is 14.4. The summed E-state index contributed by atoms with van der Waals surface area (Å²) in [6.45, 7) is 2.67. The van der Waals surface area contributed by atoms with Crippen molar-refractivity contribution in [2.75, 3.05) is 7.11 Å². The Morgan fingerprint density at radius 2 is 2.10 bits per heavy atom. The largest absolute Gasteiger partial charge is 0.469 e. The number of methoxy groups -OCH3 is 1. The number of carbonyl (C=O) groups is 1. The zero-order valence-corrected chi connectivity index (χ0v) is 12.4. The highest BCUT2D eigenvalue weighted by Crippen LogP contribution is 2.45. The van der Waals surface area contributed by atoms with Gasteiger partial charge in [0.1, 0.15) is 0 Å². The molecule has 0 radical (unpaired) electrons. The lowest BCUT2D eigenvalue weighted by Gasteiger charge is -2.32. The molecule has 2 unspecified atom stereocenters. The minimum absolute atomic E-state index is 0.0184. The van der Waals surface area contributed by atoms with Gasteiger partial charge in [0.05, 0.1) is 25.2 Å². The van der Waals surface area contributed by atoms with Gasteiger partial charge in [-0.05, 0) is 31.2 Å². The molecule has 0 bridgehead atoms. The second-order valence-corrected chi connectivity index (χ2v) is 5.58. The van der Waals surface area contributed by atoms with Crippen molar-refractivity contribution in [3.63, 3.8) is 0 Å². The lowest BCUT2D eigenvalue weighted by Crippen LogP contribution is -2.40. The number of ether oxygens (including phenoxy) is 2. The molecule has 3 nitrogen and oxygen atoms in total. The third kappa shape index (κ3) is 3.04. The molecule has 1 aliphatic carbocycles. The van der Waals surface area contributed by atoms with Crippen LogP contribution in [0.25, 0.3) is 0 Å². The highest BCUT2D eigenvalue weighted by Gasteiger charge is 2.49. The van der Waals surface area contributed by atoms with Crippen molar-refractivity contribution in [2.45, 2.75) is 51.7 Å². The number of hydrogen-bond donors (Lipinski definition) is 0. The molecule has 1 aliphatic rings. The van der Waals surface area contributed by atoms with E-state index in [-0.39, 0.29) is 12.1 Å². The minimum Gasteiger partial charge on any atom is -0.469 e. The van der Waals surface area contributed by atoms with Crippen LogP contribution in [-0.2, 0) is 20.9 Å². The Morgan fingerprint density at radius 1 is 1.35 bits per heavy atom. The van der Waals surface area contributed by atoms with Crippen LogP contribution in [0.15, 0.2) is 30.3 Å². The molecule has 20 heavy (non-hydrogen) atoms. The predicted molar refractivity (Wildman–Crippen MR) is 78.2 cm³/mol. The van der Waals surface area contributed by atoms with E-state index in [2.05, 4.69) is 19.1 Å². The molecule has 0 spiro atoms. The first kappa shape index (κ1) is 15.0. The fourth-order valence-corrected chi connectivity index (χ4v) is 3.33. The average molecular weight is 276 g/mol. The Bertz CT molecular complexity index is 429. The Labute approximate surface area is 121 Å². The molecule has 110 valence electrons. The lowest BCUT2D eigenvalue weighted by molar-refractivity contribution is -0.162. The summed E-state index contributed by atoms with van der Waals surface area (Å²) in [6, 6.07) is 10.1.